The standard InChI is InChI=1S/C26H25N3O3S2/c30-17-18-15-24(27-12-6-14-34-32)19(9-5-13-33-31)25(16-18)29-26-20-7-1-3-10-22(20)28-23-11-4-2-8-21(23)26/h1-4,7-8,10-11,13-16,27,30H,5-6,9,12,17H2,(H,28,29). The summed E-state index contributed by atoms with van der Waals surface area (Å²) in [5.74, 6) is 0. The van der Waals surface area contributed by atoms with E-state index in [2.05, 4.69) is 10.6 Å². The molecule has 0 atom stereocenters. The van der Waals surface area contributed by atoms with Crippen molar-refractivity contribution in [1.82, 2.24) is 4.98 Å². The van der Waals surface area contributed by atoms with Crippen LogP contribution in [0.25, 0.3) is 21.8 Å². The zero-order valence-corrected chi connectivity index (χ0v) is 20.1. The van der Waals surface area contributed by atoms with Crippen LogP contribution in [0.5, 0.6) is 0 Å². The van der Waals surface area contributed by atoms with Crippen molar-refractivity contribution in [3.8, 4) is 0 Å². The third-order valence-electron chi connectivity index (χ3n) is 5.57. The Hall–Kier alpha value is -3.33. The normalized spacial score (nSPS) is 10.7. The summed E-state index contributed by atoms with van der Waals surface area (Å²) in [6.07, 6.45) is 1.87. The van der Waals surface area contributed by atoms with Gasteiger partial charge >= 0.3 is 0 Å². The topological polar surface area (TPSA) is 91.3 Å². The Bertz CT molecular complexity index is 1370. The maximum atomic E-state index is 11.0. The molecule has 3 N–H and O–H groups in total. The highest BCUT2D eigenvalue weighted by Crippen LogP contribution is 2.36. The predicted octanol–water partition coefficient (Wildman–Crippen LogP) is 4.39. The van der Waals surface area contributed by atoms with Gasteiger partial charge in [0.2, 0.25) is 0 Å². The number of nitrogens with one attached hydrogen (secondary N) is 2. The van der Waals surface area contributed by atoms with E-state index in [-0.39, 0.29) is 6.61 Å². The number of anilines is 3. The summed E-state index contributed by atoms with van der Waals surface area (Å²) >= 11 is 0.923. The number of aliphatic hydroxyl groups is 1. The van der Waals surface area contributed by atoms with Crippen molar-refractivity contribution in [1.29, 1.82) is 0 Å². The number of benzene rings is 3. The van der Waals surface area contributed by atoms with Crippen LogP contribution in [0.15, 0.2) is 60.7 Å². The fourth-order valence-electron chi connectivity index (χ4n) is 4.04. The zero-order valence-electron chi connectivity index (χ0n) is 18.5. The molecule has 0 aliphatic carbocycles. The molecule has 0 fully saturated rings. The molecule has 3 aromatic carbocycles. The van der Waals surface area contributed by atoms with Crippen molar-refractivity contribution in [2.45, 2.75) is 25.9 Å². The second-order valence-electron chi connectivity index (χ2n) is 7.75. The van der Waals surface area contributed by atoms with Crippen LogP contribution in [-0.2, 0) is 35.5 Å². The van der Waals surface area contributed by atoms with Crippen molar-refractivity contribution < 1.29 is 13.5 Å². The van der Waals surface area contributed by atoms with E-state index in [1.807, 2.05) is 60.7 Å². The van der Waals surface area contributed by atoms with E-state index in [0.717, 1.165) is 50.0 Å². The Morgan fingerprint density at radius 1 is 0.853 bits per heavy atom. The molecule has 0 aliphatic rings. The van der Waals surface area contributed by atoms with Gasteiger partial charge in [0.05, 0.1) is 45.8 Å². The Kier molecular flexibility index (Phi) is 8.19. The third kappa shape index (κ3) is 5.41. The van der Waals surface area contributed by atoms with Crippen LogP contribution in [0.2, 0.25) is 0 Å². The van der Waals surface area contributed by atoms with Gasteiger partial charge in [-0.15, -0.1) is 0 Å². The largest absolute Gasteiger partial charge is 0.392 e. The molecule has 0 saturated carbocycles. The lowest BCUT2D eigenvalue weighted by atomic mass is 10.0. The lowest BCUT2D eigenvalue weighted by Gasteiger charge is -2.20. The fraction of sp³-hybridized carbons (Fsp3) is 0.192. The molecule has 0 radical (unpaired) electrons. The Labute approximate surface area is 205 Å². The van der Waals surface area contributed by atoms with Gasteiger partial charge in [-0.3, -0.25) is 0 Å². The van der Waals surface area contributed by atoms with Crippen LogP contribution >= 0.6 is 0 Å². The van der Waals surface area contributed by atoms with Gasteiger partial charge in [0, 0.05) is 39.4 Å². The van der Waals surface area contributed by atoms with Gasteiger partial charge in [0.1, 0.15) is 0 Å². The van der Waals surface area contributed by atoms with Crippen LogP contribution in [0, 0.1) is 0 Å². The molecule has 0 aliphatic heterocycles. The number of aliphatic hydroxyl groups excluding tert-OH is 1. The molecule has 0 unspecified atom stereocenters. The summed E-state index contributed by atoms with van der Waals surface area (Å²) < 4.78 is 21.7. The van der Waals surface area contributed by atoms with E-state index < -0.39 is 0 Å². The first kappa shape index (κ1) is 23.8. The maximum absolute atomic E-state index is 11.0. The van der Waals surface area contributed by atoms with Crippen LogP contribution in [0.1, 0.15) is 24.0 Å². The first-order chi connectivity index (χ1) is 16.7. The number of hydrogen-bond acceptors (Lipinski definition) is 6. The van der Waals surface area contributed by atoms with E-state index in [0.29, 0.717) is 48.3 Å². The molecule has 0 spiro atoms. The summed E-state index contributed by atoms with van der Waals surface area (Å²) in [4.78, 5) is 4.81. The highest BCUT2D eigenvalue weighted by molar-refractivity contribution is 7.65. The minimum absolute atomic E-state index is 0.105. The molecule has 174 valence electrons. The van der Waals surface area contributed by atoms with E-state index in [1.165, 1.54) is 0 Å². The van der Waals surface area contributed by atoms with Gasteiger partial charge in [0.25, 0.3) is 0 Å². The van der Waals surface area contributed by atoms with Crippen molar-refractivity contribution in [3.63, 3.8) is 0 Å². The monoisotopic (exact) mass is 491 g/mol. The Morgan fingerprint density at radius 2 is 1.47 bits per heavy atom. The second-order valence-corrected chi connectivity index (χ2v) is 8.81. The fourth-order valence-corrected chi connectivity index (χ4v) is 4.46. The molecule has 1 heterocycles. The van der Waals surface area contributed by atoms with Crippen molar-refractivity contribution in [3.05, 3.63) is 71.8 Å². The number of para-hydroxylation sites is 2. The maximum Gasteiger partial charge on any atom is 0.0841 e. The van der Waals surface area contributed by atoms with Gasteiger partial charge in [-0.1, -0.05) is 36.4 Å². The number of rotatable bonds is 10. The smallest absolute Gasteiger partial charge is 0.0841 e. The molecule has 8 heteroatoms. The van der Waals surface area contributed by atoms with E-state index in [1.54, 1.807) is 10.7 Å². The first-order valence-electron chi connectivity index (χ1n) is 11.0. The number of nitrogens with zero attached hydrogens (tertiary/aromatic N) is 1. The van der Waals surface area contributed by atoms with E-state index >= 15 is 0 Å². The Morgan fingerprint density at radius 3 is 2.12 bits per heavy atom. The number of aromatic nitrogens is 1. The van der Waals surface area contributed by atoms with Gasteiger partial charge in [-0.25, -0.2) is 13.4 Å². The van der Waals surface area contributed by atoms with Gasteiger partial charge in [-0.05, 0) is 54.7 Å². The minimum Gasteiger partial charge on any atom is -0.392 e. The lowest BCUT2D eigenvalue weighted by molar-refractivity contribution is 0.282. The van der Waals surface area contributed by atoms with Crippen molar-refractivity contribution >= 4 is 72.1 Å². The average Bonchev–Trinajstić information content (AvgIpc) is 2.87. The van der Waals surface area contributed by atoms with E-state index in [4.69, 9.17) is 4.98 Å². The molecule has 1 aromatic heterocycles. The summed E-state index contributed by atoms with van der Waals surface area (Å²) in [6.45, 7) is 0.490. The molecule has 34 heavy (non-hydrogen) atoms. The number of pyridine rings is 1. The molecule has 0 saturated heterocycles. The number of fused-ring (bicyclic) bond motifs is 2. The molecule has 0 bridgehead atoms. The molecule has 4 rings (SSSR count). The molecular formula is C26H25N3O3S2. The molecule has 6 nitrogen and oxygen atoms in total. The predicted molar refractivity (Wildman–Crippen MR) is 145 cm³/mol. The third-order valence-corrected chi connectivity index (χ3v) is 6.31. The summed E-state index contributed by atoms with van der Waals surface area (Å²) in [7, 11) is 0. The Balaban J connectivity index is 1.86. The molecular weight excluding hydrogens is 466 g/mol. The number of hydrogen-bond donors (Lipinski definition) is 3. The van der Waals surface area contributed by atoms with Crippen molar-refractivity contribution in [2.24, 2.45) is 0 Å². The lowest BCUT2D eigenvalue weighted by Crippen LogP contribution is -2.09. The van der Waals surface area contributed by atoms with Crippen LogP contribution in [0.3, 0.4) is 0 Å². The van der Waals surface area contributed by atoms with Crippen LogP contribution in [0.4, 0.5) is 17.1 Å². The summed E-state index contributed by atoms with van der Waals surface area (Å²) in [6, 6.07) is 19.9. The average molecular weight is 492 g/mol. The molecule has 4 aromatic rings. The highest BCUT2D eigenvalue weighted by atomic mass is 32.1. The van der Waals surface area contributed by atoms with Crippen LogP contribution < -0.4 is 10.6 Å². The van der Waals surface area contributed by atoms with Gasteiger partial charge in [0.15, 0.2) is 0 Å². The van der Waals surface area contributed by atoms with E-state index in [9.17, 15) is 13.5 Å². The first-order valence-corrected chi connectivity index (χ1v) is 12.6. The second kappa shape index (κ2) is 11.7. The van der Waals surface area contributed by atoms with Gasteiger partial charge < -0.3 is 15.7 Å². The quantitative estimate of drug-likeness (QED) is 0.173. The van der Waals surface area contributed by atoms with Gasteiger partial charge in [-0.2, -0.15) is 0 Å². The SMILES string of the molecule is O=S=CCCNc1cc(CO)cc(Nc2c3ccccc3nc3ccccc23)c1CCC=S=O. The highest BCUT2D eigenvalue weighted by Gasteiger charge is 2.15. The summed E-state index contributed by atoms with van der Waals surface area (Å²) in [5, 5.41) is 22.3. The zero-order chi connectivity index (χ0) is 23.8. The van der Waals surface area contributed by atoms with Crippen molar-refractivity contribution in [2.75, 3.05) is 17.2 Å². The molecule has 0 amide bonds. The minimum atomic E-state index is -0.105. The summed E-state index contributed by atoms with van der Waals surface area (Å²) in [5.41, 5.74) is 6.25. The van der Waals surface area contributed by atoms with Crippen LogP contribution in [-0.4, -0.2) is 35.8 Å².